The molecule has 0 saturated carbocycles. The summed E-state index contributed by atoms with van der Waals surface area (Å²) in [4.78, 5) is 11.5. The molecule has 1 heterocycles. The number of rotatable bonds is 6. The molecule has 0 aliphatic heterocycles. The molecule has 0 saturated heterocycles. The Bertz CT molecular complexity index is 1370. The van der Waals surface area contributed by atoms with Gasteiger partial charge in [0, 0.05) is 5.39 Å². The predicted molar refractivity (Wildman–Crippen MR) is 126 cm³/mol. The number of hydrogen-bond donors (Lipinski definition) is 1. The van der Waals surface area contributed by atoms with E-state index in [4.69, 9.17) is 16.3 Å². The number of carbonyl (C=O) groups excluding carboxylic acids is 1. The quantitative estimate of drug-likeness (QED) is 0.282. The van der Waals surface area contributed by atoms with E-state index >= 15 is 0 Å². The van der Waals surface area contributed by atoms with Crippen molar-refractivity contribution in [2.75, 3.05) is 0 Å². The van der Waals surface area contributed by atoms with Crippen LogP contribution in [0.25, 0.3) is 16.6 Å². The summed E-state index contributed by atoms with van der Waals surface area (Å²) in [5.41, 5.74) is 1.45. The van der Waals surface area contributed by atoms with Gasteiger partial charge in [-0.2, -0.15) is 18.3 Å². The SMILES string of the molecule is C.C[C@H](NC(=O)C(F)(F)F)[C@H](Oc1ccc2c(cnn2-c2ccc(F)cc2)c1)c1ccc(Cl)c(F)c1. The lowest BCUT2D eigenvalue weighted by Gasteiger charge is -2.27. The molecule has 190 valence electrons. The van der Waals surface area contributed by atoms with Crippen molar-refractivity contribution < 1.29 is 31.5 Å². The Morgan fingerprint density at radius 1 is 1.06 bits per heavy atom. The molecule has 0 radical (unpaired) electrons. The van der Waals surface area contributed by atoms with Gasteiger partial charge >= 0.3 is 12.1 Å². The first kappa shape index (κ1) is 26.9. The lowest BCUT2D eigenvalue weighted by molar-refractivity contribution is -0.174. The van der Waals surface area contributed by atoms with Crippen LogP contribution in [0.1, 0.15) is 26.0 Å². The fraction of sp³-hybridized carbons (Fsp3) is 0.200. The van der Waals surface area contributed by atoms with Crippen molar-refractivity contribution in [1.82, 2.24) is 15.1 Å². The predicted octanol–water partition coefficient (Wildman–Crippen LogP) is 6.78. The molecule has 2 atom stereocenters. The van der Waals surface area contributed by atoms with Gasteiger partial charge in [-0.05, 0) is 67.1 Å². The monoisotopic (exact) mass is 525 g/mol. The number of amides is 1. The van der Waals surface area contributed by atoms with Crippen molar-refractivity contribution in [3.63, 3.8) is 0 Å². The Morgan fingerprint density at radius 2 is 1.75 bits per heavy atom. The third kappa shape index (κ3) is 5.76. The Kier molecular flexibility index (Phi) is 7.88. The van der Waals surface area contributed by atoms with Crippen molar-refractivity contribution in [3.8, 4) is 11.4 Å². The van der Waals surface area contributed by atoms with Crippen LogP contribution in [0.15, 0.2) is 66.9 Å². The van der Waals surface area contributed by atoms with Crippen LogP contribution in [0.2, 0.25) is 5.02 Å². The summed E-state index contributed by atoms with van der Waals surface area (Å²) in [5.74, 6) is -3.09. The maximum atomic E-state index is 14.1. The number of hydrogen-bond acceptors (Lipinski definition) is 3. The van der Waals surface area contributed by atoms with Gasteiger partial charge in [-0.15, -0.1) is 0 Å². The van der Waals surface area contributed by atoms with E-state index in [1.807, 2.05) is 5.32 Å². The molecule has 4 aromatic rings. The number of nitrogens with one attached hydrogen (secondary N) is 1. The second-order valence-corrected chi connectivity index (χ2v) is 8.13. The van der Waals surface area contributed by atoms with E-state index in [-0.39, 0.29) is 23.8 Å². The number of fused-ring (bicyclic) bond motifs is 1. The molecule has 0 unspecified atom stereocenters. The number of halogens is 6. The van der Waals surface area contributed by atoms with E-state index in [0.29, 0.717) is 16.6 Å². The summed E-state index contributed by atoms with van der Waals surface area (Å²) in [5, 5.41) is 6.59. The molecule has 11 heteroatoms. The molecule has 0 bridgehead atoms. The molecule has 1 aromatic heterocycles. The number of nitrogens with zero attached hydrogens (tertiary/aromatic N) is 2. The minimum absolute atomic E-state index is 0. The van der Waals surface area contributed by atoms with E-state index < -0.39 is 35.9 Å². The Hall–Kier alpha value is -3.66. The molecule has 3 aromatic carbocycles. The summed E-state index contributed by atoms with van der Waals surface area (Å²) in [6, 6.07) is 13.0. The van der Waals surface area contributed by atoms with Crippen LogP contribution in [-0.2, 0) is 4.79 Å². The molecule has 1 N–H and O–H groups in total. The standard InChI is InChI=1S/C24H17ClF5N3O2.CH4/c1-13(32-23(34)24(28,29)30)22(14-2-8-19(25)20(27)11-14)35-18-7-9-21-15(10-18)12-31-33(21)17-5-3-16(26)4-6-17;/h2-13,22H,1H3,(H,32,34);1H4/t13-,22-;/m0./s1. The Labute approximate surface area is 208 Å². The average molecular weight is 526 g/mol. The molecular formula is C25H21ClF5N3O2. The van der Waals surface area contributed by atoms with E-state index in [1.165, 1.54) is 37.4 Å². The summed E-state index contributed by atoms with van der Waals surface area (Å²) in [7, 11) is 0. The van der Waals surface area contributed by atoms with Gasteiger partial charge in [0.2, 0.25) is 0 Å². The summed E-state index contributed by atoms with van der Waals surface area (Å²) < 4.78 is 73.3. The lowest BCUT2D eigenvalue weighted by Crippen LogP contribution is -2.45. The maximum Gasteiger partial charge on any atom is 0.471 e. The van der Waals surface area contributed by atoms with Crippen molar-refractivity contribution >= 4 is 28.4 Å². The van der Waals surface area contributed by atoms with Gasteiger partial charge in [-0.3, -0.25) is 4.79 Å². The number of alkyl halides is 3. The highest BCUT2D eigenvalue weighted by Gasteiger charge is 2.40. The number of aromatic nitrogens is 2. The lowest BCUT2D eigenvalue weighted by atomic mass is 10.0. The number of ether oxygens (including phenoxy) is 1. The largest absolute Gasteiger partial charge is 0.484 e. The maximum absolute atomic E-state index is 14.1. The van der Waals surface area contributed by atoms with Gasteiger partial charge in [0.1, 0.15) is 23.5 Å². The zero-order valence-electron chi connectivity index (χ0n) is 18.0. The van der Waals surface area contributed by atoms with Gasteiger partial charge < -0.3 is 10.1 Å². The van der Waals surface area contributed by atoms with Crippen LogP contribution < -0.4 is 10.1 Å². The summed E-state index contributed by atoms with van der Waals surface area (Å²) in [6.07, 6.45) is -4.74. The molecule has 0 aliphatic carbocycles. The molecule has 36 heavy (non-hydrogen) atoms. The van der Waals surface area contributed by atoms with Crippen LogP contribution in [0.5, 0.6) is 5.75 Å². The molecule has 1 amide bonds. The first-order chi connectivity index (χ1) is 16.5. The molecule has 0 aliphatic rings. The fourth-order valence-corrected chi connectivity index (χ4v) is 3.65. The van der Waals surface area contributed by atoms with Crippen molar-refractivity contribution in [2.24, 2.45) is 0 Å². The first-order valence-electron chi connectivity index (χ1n) is 10.3. The van der Waals surface area contributed by atoms with Gasteiger partial charge in [-0.1, -0.05) is 25.1 Å². The topological polar surface area (TPSA) is 56.1 Å². The smallest absolute Gasteiger partial charge is 0.471 e. The second kappa shape index (κ2) is 10.5. The van der Waals surface area contributed by atoms with Crippen molar-refractivity contribution in [1.29, 1.82) is 0 Å². The molecule has 4 rings (SSSR count). The van der Waals surface area contributed by atoms with Gasteiger partial charge in [0.15, 0.2) is 0 Å². The normalized spacial score (nSPS) is 13.1. The molecule has 0 fully saturated rings. The van der Waals surface area contributed by atoms with E-state index in [1.54, 1.807) is 35.0 Å². The van der Waals surface area contributed by atoms with Crippen LogP contribution in [0, 0.1) is 11.6 Å². The third-order valence-corrected chi connectivity index (χ3v) is 5.52. The van der Waals surface area contributed by atoms with Crippen LogP contribution in [0.3, 0.4) is 0 Å². The minimum Gasteiger partial charge on any atom is -0.484 e. The minimum atomic E-state index is -5.10. The van der Waals surface area contributed by atoms with Crippen molar-refractivity contribution in [2.45, 2.75) is 32.7 Å². The number of carbonyl (C=O) groups is 1. The zero-order valence-corrected chi connectivity index (χ0v) is 18.7. The Balaban J connectivity index is 0.00000361. The first-order valence-corrected chi connectivity index (χ1v) is 10.6. The van der Waals surface area contributed by atoms with Crippen LogP contribution in [0.4, 0.5) is 22.0 Å². The second-order valence-electron chi connectivity index (χ2n) is 7.73. The zero-order chi connectivity index (χ0) is 25.3. The van der Waals surface area contributed by atoms with E-state index in [2.05, 4.69) is 5.10 Å². The molecule has 5 nitrogen and oxygen atoms in total. The fourth-order valence-electron chi connectivity index (χ4n) is 3.53. The van der Waals surface area contributed by atoms with Gasteiger partial charge in [0.25, 0.3) is 0 Å². The summed E-state index contributed by atoms with van der Waals surface area (Å²) >= 11 is 5.73. The van der Waals surface area contributed by atoms with Crippen molar-refractivity contribution in [3.05, 3.63) is 89.1 Å². The van der Waals surface area contributed by atoms with E-state index in [9.17, 15) is 26.7 Å². The van der Waals surface area contributed by atoms with Crippen LogP contribution >= 0.6 is 11.6 Å². The van der Waals surface area contributed by atoms with Gasteiger partial charge in [0.05, 0.1) is 28.5 Å². The molecular weight excluding hydrogens is 505 g/mol. The van der Waals surface area contributed by atoms with E-state index in [0.717, 1.165) is 6.07 Å². The highest BCUT2D eigenvalue weighted by molar-refractivity contribution is 6.30. The highest BCUT2D eigenvalue weighted by Crippen LogP contribution is 2.31. The Morgan fingerprint density at radius 3 is 2.39 bits per heavy atom. The summed E-state index contributed by atoms with van der Waals surface area (Å²) in [6.45, 7) is 1.31. The third-order valence-electron chi connectivity index (χ3n) is 5.22. The average Bonchev–Trinajstić information content (AvgIpc) is 3.22. The number of benzene rings is 3. The van der Waals surface area contributed by atoms with Crippen LogP contribution in [-0.4, -0.2) is 27.9 Å². The van der Waals surface area contributed by atoms with Gasteiger partial charge in [-0.25, -0.2) is 13.5 Å². The highest BCUT2D eigenvalue weighted by atomic mass is 35.5. The molecule has 0 spiro atoms.